The van der Waals surface area contributed by atoms with E-state index < -0.39 is 12.2 Å². The number of rotatable bonds is 4. The Hall–Kier alpha value is -1.43. The van der Waals surface area contributed by atoms with Crippen molar-refractivity contribution in [3.8, 4) is 0 Å². The van der Waals surface area contributed by atoms with Crippen LogP contribution in [0.2, 0.25) is 0 Å². The van der Waals surface area contributed by atoms with E-state index in [2.05, 4.69) is 17.0 Å². The molecule has 2 heterocycles. The van der Waals surface area contributed by atoms with Crippen LogP contribution >= 0.6 is 0 Å². The number of aliphatic hydroxyl groups is 1. The Kier molecular flexibility index (Phi) is 5.87. The highest BCUT2D eigenvalue weighted by Crippen LogP contribution is 2.22. The van der Waals surface area contributed by atoms with Crippen LogP contribution in [0.25, 0.3) is 0 Å². The fraction of sp³-hybridized carbons (Fsp3) is 0.632. The van der Waals surface area contributed by atoms with E-state index in [1.165, 1.54) is 5.56 Å². The maximum absolute atomic E-state index is 12.9. The first-order valence-electron chi connectivity index (χ1n) is 9.01. The summed E-state index contributed by atoms with van der Waals surface area (Å²) in [4.78, 5) is 17.1. The predicted octanol–water partition coefficient (Wildman–Crippen LogP) is 1.65. The predicted molar refractivity (Wildman–Crippen MR) is 92.5 cm³/mol. The molecule has 2 saturated heterocycles. The fourth-order valence-corrected chi connectivity index (χ4v) is 3.75. The van der Waals surface area contributed by atoms with Gasteiger partial charge >= 0.3 is 0 Å². The van der Waals surface area contributed by atoms with Gasteiger partial charge in [0.1, 0.15) is 6.10 Å². The summed E-state index contributed by atoms with van der Waals surface area (Å²) in [5.41, 5.74) is 1.26. The third kappa shape index (κ3) is 4.15. The van der Waals surface area contributed by atoms with Gasteiger partial charge in [-0.05, 0) is 31.7 Å². The summed E-state index contributed by atoms with van der Waals surface area (Å²) in [6, 6.07) is 10.3. The minimum atomic E-state index is -0.488. The molecule has 3 rings (SSSR count). The second-order valence-corrected chi connectivity index (χ2v) is 6.92. The van der Waals surface area contributed by atoms with Crippen LogP contribution in [0.5, 0.6) is 0 Å². The summed E-state index contributed by atoms with van der Waals surface area (Å²) >= 11 is 0. The summed E-state index contributed by atoms with van der Waals surface area (Å²) in [5.74, 6) is 0.0401. The van der Waals surface area contributed by atoms with Crippen molar-refractivity contribution in [3.05, 3.63) is 35.9 Å². The van der Waals surface area contributed by atoms with E-state index in [-0.39, 0.29) is 11.9 Å². The van der Waals surface area contributed by atoms with Gasteiger partial charge in [-0.25, -0.2) is 0 Å². The molecule has 2 aliphatic heterocycles. The highest BCUT2D eigenvalue weighted by atomic mass is 16.5. The van der Waals surface area contributed by atoms with Crippen molar-refractivity contribution in [3.63, 3.8) is 0 Å². The number of amides is 1. The molecule has 3 atom stereocenters. The number of ether oxygens (including phenoxy) is 1. The number of carbonyl (C=O) groups is 1. The number of hydrogen-bond donors (Lipinski definition) is 1. The van der Waals surface area contributed by atoms with Crippen molar-refractivity contribution in [2.24, 2.45) is 0 Å². The second kappa shape index (κ2) is 8.10. The van der Waals surface area contributed by atoms with Crippen LogP contribution < -0.4 is 0 Å². The standard InChI is InChI=1S/C19H28N2O3/c1-15(22)17-9-5-6-10-21(17)19(23)18-14-20(11-12-24-18)13-16-7-3-2-4-8-16/h2-4,7-8,15,17-18,22H,5-6,9-14H2,1H3. The van der Waals surface area contributed by atoms with E-state index in [0.717, 1.165) is 38.9 Å². The van der Waals surface area contributed by atoms with Gasteiger partial charge in [-0.15, -0.1) is 0 Å². The summed E-state index contributed by atoms with van der Waals surface area (Å²) < 4.78 is 5.77. The van der Waals surface area contributed by atoms with Crippen molar-refractivity contribution in [1.82, 2.24) is 9.80 Å². The molecule has 0 spiro atoms. The quantitative estimate of drug-likeness (QED) is 0.911. The van der Waals surface area contributed by atoms with Gasteiger partial charge in [0.05, 0.1) is 18.8 Å². The minimum Gasteiger partial charge on any atom is -0.391 e. The summed E-state index contributed by atoms with van der Waals surface area (Å²) in [6.45, 7) is 5.39. The summed E-state index contributed by atoms with van der Waals surface area (Å²) in [5, 5.41) is 10.00. The molecule has 24 heavy (non-hydrogen) atoms. The van der Waals surface area contributed by atoms with E-state index in [4.69, 9.17) is 4.74 Å². The number of aliphatic hydroxyl groups excluding tert-OH is 1. The van der Waals surface area contributed by atoms with Crippen molar-refractivity contribution < 1.29 is 14.6 Å². The largest absolute Gasteiger partial charge is 0.391 e. The Morgan fingerprint density at radius 1 is 1.29 bits per heavy atom. The normalized spacial score (nSPS) is 27.0. The molecule has 1 aromatic carbocycles. The maximum Gasteiger partial charge on any atom is 0.253 e. The van der Waals surface area contributed by atoms with Crippen molar-refractivity contribution >= 4 is 5.91 Å². The lowest BCUT2D eigenvalue weighted by Crippen LogP contribution is -2.56. The number of nitrogens with zero attached hydrogens (tertiary/aromatic N) is 2. The molecule has 1 amide bonds. The summed E-state index contributed by atoms with van der Waals surface area (Å²) in [7, 11) is 0. The van der Waals surface area contributed by atoms with Crippen LogP contribution in [0, 0.1) is 0 Å². The first kappa shape index (κ1) is 17.4. The zero-order chi connectivity index (χ0) is 16.9. The third-order valence-corrected chi connectivity index (χ3v) is 5.06. The lowest BCUT2D eigenvalue weighted by Gasteiger charge is -2.41. The van der Waals surface area contributed by atoms with Crippen molar-refractivity contribution in [1.29, 1.82) is 0 Å². The van der Waals surface area contributed by atoms with Gasteiger partial charge in [-0.2, -0.15) is 0 Å². The van der Waals surface area contributed by atoms with Crippen LogP contribution in [0.1, 0.15) is 31.7 Å². The van der Waals surface area contributed by atoms with Crippen LogP contribution in [0.4, 0.5) is 0 Å². The molecule has 2 aliphatic rings. The highest BCUT2D eigenvalue weighted by molar-refractivity contribution is 5.81. The Morgan fingerprint density at radius 2 is 2.08 bits per heavy atom. The molecule has 0 bridgehead atoms. The zero-order valence-electron chi connectivity index (χ0n) is 14.4. The van der Waals surface area contributed by atoms with Crippen molar-refractivity contribution in [2.75, 3.05) is 26.2 Å². The average molecular weight is 332 g/mol. The molecule has 1 aromatic rings. The number of benzene rings is 1. The van der Waals surface area contributed by atoms with Crippen LogP contribution in [0.15, 0.2) is 30.3 Å². The zero-order valence-corrected chi connectivity index (χ0v) is 14.4. The Morgan fingerprint density at radius 3 is 2.83 bits per heavy atom. The molecule has 5 heteroatoms. The Bertz CT molecular complexity index is 535. The van der Waals surface area contributed by atoms with Gasteiger partial charge in [-0.3, -0.25) is 9.69 Å². The van der Waals surface area contributed by atoms with Gasteiger partial charge in [0.25, 0.3) is 5.91 Å². The molecule has 3 unspecified atom stereocenters. The van der Waals surface area contributed by atoms with Gasteiger partial charge in [0.2, 0.25) is 0 Å². The molecule has 1 N–H and O–H groups in total. The fourth-order valence-electron chi connectivity index (χ4n) is 3.75. The molecule has 5 nitrogen and oxygen atoms in total. The van der Waals surface area contributed by atoms with Crippen LogP contribution in [0.3, 0.4) is 0 Å². The lowest BCUT2D eigenvalue weighted by atomic mass is 9.97. The van der Waals surface area contributed by atoms with E-state index in [0.29, 0.717) is 13.2 Å². The van der Waals surface area contributed by atoms with Crippen LogP contribution in [-0.2, 0) is 16.1 Å². The summed E-state index contributed by atoms with van der Waals surface area (Å²) in [6.07, 6.45) is 2.06. The van der Waals surface area contributed by atoms with Crippen molar-refractivity contribution in [2.45, 2.75) is 51.0 Å². The molecular weight excluding hydrogens is 304 g/mol. The first-order valence-corrected chi connectivity index (χ1v) is 9.01. The highest BCUT2D eigenvalue weighted by Gasteiger charge is 2.36. The van der Waals surface area contributed by atoms with Crippen LogP contribution in [-0.4, -0.2) is 65.3 Å². The number of hydrogen-bond acceptors (Lipinski definition) is 4. The first-order chi connectivity index (χ1) is 11.6. The number of piperidine rings is 1. The number of likely N-dealkylation sites (tertiary alicyclic amines) is 1. The molecule has 0 radical (unpaired) electrons. The number of carbonyl (C=O) groups excluding carboxylic acids is 1. The van der Waals surface area contributed by atoms with E-state index in [1.54, 1.807) is 6.92 Å². The Labute approximate surface area is 144 Å². The topological polar surface area (TPSA) is 53.0 Å². The van der Waals surface area contributed by atoms with E-state index >= 15 is 0 Å². The third-order valence-electron chi connectivity index (χ3n) is 5.06. The van der Waals surface area contributed by atoms with E-state index in [9.17, 15) is 9.90 Å². The van der Waals surface area contributed by atoms with Gasteiger partial charge < -0.3 is 14.7 Å². The average Bonchev–Trinajstić information content (AvgIpc) is 2.62. The lowest BCUT2D eigenvalue weighted by molar-refractivity contribution is -0.156. The molecule has 2 fully saturated rings. The minimum absolute atomic E-state index is 0.0401. The van der Waals surface area contributed by atoms with Gasteiger partial charge in [-0.1, -0.05) is 30.3 Å². The Balaban J connectivity index is 1.62. The molecule has 0 saturated carbocycles. The maximum atomic E-state index is 12.9. The molecule has 0 aromatic heterocycles. The second-order valence-electron chi connectivity index (χ2n) is 6.92. The SMILES string of the molecule is CC(O)C1CCCCN1C(=O)C1CN(Cc2ccccc2)CCO1. The van der Waals surface area contributed by atoms with Gasteiger partial charge in [0, 0.05) is 26.2 Å². The monoisotopic (exact) mass is 332 g/mol. The molecular formula is C19H28N2O3. The smallest absolute Gasteiger partial charge is 0.253 e. The van der Waals surface area contributed by atoms with E-state index in [1.807, 2.05) is 23.1 Å². The molecule has 0 aliphatic carbocycles. The van der Waals surface area contributed by atoms with Gasteiger partial charge in [0.15, 0.2) is 0 Å². The number of morpholine rings is 1. The molecule has 132 valence electrons.